The van der Waals surface area contributed by atoms with Crippen LogP contribution in [0.15, 0.2) is 90.6 Å². The molecule has 6 nitrogen and oxygen atoms in total. The first-order valence-electron chi connectivity index (χ1n) is 12.9. The third kappa shape index (κ3) is 5.45. The average Bonchev–Trinajstić information content (AvgIpc) is 3.16. The lowest BCUT2D eigenvalue weighted by atomic mass is 10.1. The van der Waals surface area contributed by atoms with Crippen LogP contribution in [0.4, 0.5) is 5.69 Å². The summed E-state index contributed by atoms with van der Waals surface area (Å²) in [6.07, 6.45) is 1.82. The normalized spacial score (nSPS) is 14.4. The van der Waals surface area contributed by atoms with Crippen LogP contribution < -0.4 is 19.1 Å². The molecule has 1 amide bonds. The zero-order chi connectivity index (χ0) is 27.4. The number of ether oxygens (including phenoxy) is 3. The van der Waals surface area contributed by atoms with Crippen molar-refractivity contribution in [1.29, 1.82) is 0 Å². The lowest BCUT2D eigenvalue weighted by molar-refractivity contribution is -0.114. The number of carbonyl (C=O) groups is 1. The fourth-order valence-electron chi connectivity index (χ4n) is 4.58. The smallest absolute Gasteiger partial charge is 0.281 e. The fraction of sp³-hybridized carbons (Fsp3) is 0.188. The molecule has 1 saturated heterocycles. The number of rotatable bonds is 9. The van der Waals surface area contributed by atoms with Crippen LogP contribution in [0.2, 0.25) is 0 Å². The minimum atomic E-state index is -0.194. The van der Waals surface area contributed by atoms with E-state index in [2.05, 4.69) is 24.3 Å². The molecule has 5 rings (SSSR count). The second-order valence-electron chi connectivity index (χ2n) is 9.00. The van der Waals surface area contributed by atoms with Gasteiger partial charge in [-0.1, -0.05) is 48.5 Å². The number of carbonyl (C=O) groups excluding carboxylic acids is 1. The Morgan fingerprint density at radius 1 is 0.821 bits per heavy atom. The van der Waals surface area contributed by atoms with Gasteiger partial charge in [-0.15, -0.1) is 0 Å². The van der Waals surface area contributed by atoms with Crippen molar-refractivity contribution in [2.75, 3.05) is 25.2 Å². The third-order valence-electron chi connectivity index (χ3n) is 6.50. The highest BCUT2D eigenvalue weighted by atomic mass is 32.1. The van der Waals surface area contributed by atoms with E-state index in [4.69, 9.17) is 26.4 Å². The maximum atomic E-state index is 13.4. The van der Waals surface area contributed by atoms with E-state index in [-0.39, 0.29) is 5.91 Å². The predicted octanol–water partition coefficient (Wildman–Crippen LogP) is 6.82. The van der Waals surface area contributed by atoms with Gasteiger partial charge in [-0.25, -0.2) is 0 Å². The molecular formula is C32H30N2O4S. The minimum absolute atomic E-state index is 0.194. The quantitative estimate of drug-likeness (QED) is 0.172. The van der Waals surface area contributed by atoms with Gasteiger partial charge in [-0.3, -0.25) is 9.69 Å². The van der Waals surface area contributed by atoms with Crippen molar-refractivity contribution in [3.63, 3.8) is 0 Å². The first kappa shape index (κ1) is 26.3. The van der Waals surface area contributed by atoms with Crippen molar-refractivity contribution in [2.24, 2.45) is 0 Å². The fourth-order valence-corrected chi connectivity index (χ4v) is 4.86. The second-order valence-corrected chi connectivity index (χ2v) is 9.37. The molecule has 7 heteroatoms. The lowest BCUT2D eigenvalue weighted by Crippen LogP contribution is -2.31. The van der Waals surface area contributed by atoms with Gasteiger partial charge in [0.1, 0.15) is 18.1 Å². The monoisotopic (exact) mass is 538 g/mol. The first-order chi connectivity index (χ1) is 19.0. The second kappa shape index (κ2) is 11.6. The molecule has 0 saturated carbocycles. The van der Waals surface area contributed by atoms with Gasteiger partial charge in [-0.05, 0) is 90.4 Å². The molecule has 0 spiro atoms. The largest absolute Gasteiger partial charge is 0.494 e. The van der Waals surface area contributed by atoms with Gasteiger partial charge in [-0.2, -0.15) is 0 Å². The number of thiocarbonyl (C=S) groups is 1. The summed E-state index contributed by atoms with van der Waals surface area (Å²) in [6, 6.07) is 27.5. The average molecular weight is 539 g/mol. The Hall–Kier alpha value is -4.36. The van der Waals surface area contributed by atoms with Gasteiger partial charge < -0.3 is 19.1 Å². The molecule has 39 heavy (non-hydrogen) atoms. The van der Waals surface area contributed by atoms with Gasteiger partial charge in [0, 0.05) is 7.05 Å². The van der Waals surface area contributed by atoms with Crippen molar-refractivity contribution in [2.45, 2.75) is 20.5 Å². The standard InChI is InChI=1S/C32H30N2O4S/c1-4-36-26-16-14-25(15-17-26)34-31(35)28(33(3)32(34)39)19-22-13-18-29(30(20-22)37-5-2)38-21-24-11-8-10-23-9-6-7-12-27(23)24/h6-20H,4-5,21H2,1-3H3/b28-19-. The molecule has 4 aromatic carbocycles. The highest BCUT2D eigenvalue weighted by Crippen LogP contribution is 2.33. The molecule has 4 aromatic rings. The van der Waals surface area contributed by atoms with Crippen molar-refractivity contribution < 1.29 is 19.0 Å². The highest BCUT2D eigenvalue weighted by Gasteiger charge is 2.36. The van der Waals surface area contributed by atoms with Crippen molar-refractivity contribution in [3.05, 3.63) is 102 Å². The predicted molar refractivity (Wildman–Crippen MR) is 159 cm³/mol. The van der Waals surface area contributed by atoms with Gasteiger partial charge in [0.05, 0.1) is 18.9 Å². The molecule has 1 fully saturated rings. The summed E-state index contributed by atoms with van der Waals surface area (Å²) in [5.74, 6) is 1.81. The Morgan fingerprint density at radius 2 is 1.56 bits per heavy atom. The van der Waals surface area contributed by atoms with Crippen molar-refractivity contribution >= 4 is 45.8 Å². The zero-order valence-corrected chi connectivity index (χ0v) is 23.0. The summed E-state index contributed by atoms with van der Waals surface area (Å²) < 4.78 is 17.6. The summed E-state index contributed by atoms with van der Waals surface area (Å²) in [5.41, 5.74) is 3.07. The molecule has 0 atom stereocenters. The van der Waals surface area contributed by atoms with E-state index in [9.17, 15) is 4.79 Å². The number of hydrogen-bond donors (Lipinski definition) is 0. The van der Waals surface area contributed by atoms with Crippen LogP contribution in [0, 0.1) is 0 Å². The van der Waals surface area contributed by atoms with Gasteiger partial charge >= 0.3 is 0 Å². The molecule has 0 radical (unpaired) electrons. The topological polar surface area (TPSA) is 51.2 Å². The highest BCUT2D eigenvalue weighted by molar-refractivity contribution is 7.80. The number of anilines is 1. The van der Waals surface area contributed by atoms with Crippen LogP contribution in [-0.4, -0.2) is 36.2 Å². The molecule has 198 valence electrons. The molecular weight excluding hydrogens is 508 g/mol. The Bertz CT molecular complexity index is 1540. The maximum Gasteiger partial charge on any atom is 0.281 e. The molecule has 0 unspecified atom stereocenters. The molecule has 1 aliphatic heterocycles. The van der Waals surface area contributed by atoms with E-state index < -0.39 is 0 Å². The van der Waals surface area contributed by atoms with Gasteiger partial charge in [0.25, 0.3) is 5.91 Å². The number of hydrogen-bond acceptors (Lipinski definition) is 5. The van der Waals surface area contributed by atoms with Gasteiger partial charge in [0.2, 0.25) is 0 Å². The number of benzene rings is 4. The lowest BCUT2D eigenvalue weighted by Gasteiger charge is -2.16. The molecule has 0 aliphatic carbocycles. The summed E-state index contributed by atoms with van der Waals surface area (Å²) in [6.45, 7) is 5.33. The number of nitrogens with zero attached hydrogens (tertiary/aromatic N) is 2. The Morgan fingerprint density at radius 3 is 2.33 bits per heavy atom. The van der Waals surface area contributed by atoms with Crippen LogP contribution in [-0.2, 0) is 11.4 Å². The van der Waals surface area contributed by atoms with Gasteiger partial charge in [0.15, 0.2) is 16.6 Å². The van der Waals surface area contributed by atoms with Crippen LogP contribution in [0.5, 0.6) is 17.2 Å². The molecule has 1 aliphatic rings. The van der Waals surface area contributed by atoms with E-state index in [1.54, 1.807) is 11.9 Å². The SMILES string of the molecule is CCOc1ccc(N2C(=O)/C(=C/c3ccc(OCc4cccc5ccccc45)c(OCC)c3)N(C)C2=S)cc1. The van der Waals surface area contributed by atoms with Crippen LogP contribution in [0.25, 0.3) is 16.8 Å². The van der Waals surface area contributed by atoms with E-state index in [0.717, 1.165) is 22.3 Å². The zero-order valence-electron chi connectivity index (χ0n) is 22.2. The van der Waals surface area contributed by atoms with E-state index >= 15 is 0 Å². The van der Waals surface area contributed by atoms with Crippen LogP contribution in [0.3, 0.4) is 0 Å². The van der Waals surface area contributed by atoms with E-state index in [1.165, 1.54) is 10.3 Å². The van der Waals surface area contributed by atoms with E-state index in [1.807, 2.05) is 80.6 Å². The Kier molecular flexibility index (Phi) is 7.79. The number of fused-ring (bicyclic) bond motifs is 1. The summed E-state index contributed by atoms with van der Waals surface area (Å²) in [5, 5.41) is 2.75. The summed E-state index contributed by atoms with van der Waals surface area (Å²) in [4.78, 5) is 16.7. The molecule has 0 N–H and O–H groups in total. The third-order valence-corrected chi connectivity index (χ3v) is 6.96. The van der Waals surface area contributed by atoms with Crippen molar-refractivity contribution in [3.8, 4) is 17.2 Å². The number of likely N-dealkylation sites (N-methyl/N-ethyl adjacent to an activating group) is 1. The van der Waals surface area contributed by atoms with Crippen LogP contribution >= 0.6 is 12.2 Å². The van der Waals surface area contributed by atoms with E-state index in [0.29, 0.717) is 47.8 Å². The summed E-state index contributed by atoms with van der Waals surface area (Å²) >= 11 is 5.62. The number of amides is 1. The molecule has 0 aromatic heterocycles. The van der Waals surface area contributed by atoms with Crippen molar-refractivity contribution in [1.82, 2.24) is 4.90 Å². The summed E-state index contributed by atoms with van der Waals surface area (Å²) in [7, 11) is 1.80. The molecule has 1 heterocycles. The first-order valence-corrected chi connectivity index (χ1v) is 13.3. The Labute approximate surface area is 234 Å². The Balaban J connectivity index is 1.38. The molecule has 0 bridgehead atoms. The van der Waals surface area contributed by atoms with Crippen LogP contribution in [0.1, 0.15) is 25.0 Å². The minimum Gasteiger partial charge on any atom is -0.494 e. The maximum absolute atomic E-state index is 13.4.